The van der Waals surface area contributed by atoms with Crippen LogP contribution < -0.4 is 9.73 Å². The highest BCUT2D eigenvalue weighted by Gasteiger charge is 2.36. The average molecular weight is 393 g/mol. The van der Waals surface area contributed by atoms with Crippen LogP contribution in [0.15, 0.2) is 76.7 Å². The number of rotatable bonds is 6. The van der Waals surface area contributed by atoms with E-state index in [2.05, 4.69) is 10.5 Å². The second kappa shape index (κ2) is 7.44. The Morgan fingerprint density at radius 1 is 1.00 bits per heavy atom. The minimum absolute atomic E-state index is 0.236. The van der Waals surface area contributed by atoms with Gasteiger partial charge in [0.2, 0.25) is 0 Å². The Kier molecular flexibility index (Phi) is 4.83. The molecule has 28 heavy (non-hydrogen) atoms. The predicted molar refractivity (Wildman–Crippen MR) is 110 cm³/mol. The number of carbonyl (C=O) groups is 1. The molecule has 0 atom stereocenters. The molecule has 0 unspecified atom stereocenters. The number of hydrogen-bond donors (Lipinski definition) is 1. The van der Waals surface area contributed by atoms with Crippen LogP contribution in [0.3, 0.4) is 0 Å². The van der Waals surface area contributed by atoms with E-state index >= 15 is 0 Å². The molecular weight excluding hydrogens is 374 g/mol. The number of benzene rings is 3. The first-order chi connectivity index (χ1) is 13.6. The topological polar surface area (TPSA) is 78.8 Å². The molecule has 1 aliphatic heterocycles. The molecule has 0 spiro atoms. The predicted octanol–water partition coefficient (Wildman–Crippen LogP) is 3.08. The zero-order valence-corrected chi connectivity index (χ0v) is 15.9. The molecule has 0 bridgehead atoms. The number of aryl methyl sites for hydroxylation is 1. The SMILES string of the molecule is O=C(CN1c2cccc3cccc(c23)S1(=O)=O)N/N=C\CCc1ccccc1. The number of hydrazone groups is 1. The van der Waals surface area contributed by atoms with Crippen LogP contribution in [0.25, 0.3) is 10.8 Å². The first kappa shape index (κ1) is 18.2. The Morgan fingerprint density at radius 3 is 2.54 bits per heavy atom. The van der Waals surface area contributed by atoms with Gasteiger partial charge >= 0.3 is 0 Å². The molecule has 4 rings (SSSR count). The third-order valence-electron chi connectivity index (χ3n) is 4.65. The van der Waals surface area contributed by atoms with E-state index in [1.807, 2.05) is 42.5 Å². The van der Waals surface area contributed by atoms with E-state index in [0.29, 0.717) is 17.5 Å². The van der Waals surface area contributed by atoms with E-state index in [-0.39, 0.29) is 11.4 Å². The molecule has 0 aromatic heterocycles. The summed E-state index contributed by atoms with van der Waals surface area (Å²) in [6.07, 6.45) is 3.12. The number of sulfonamides is 1. The molecule has 3 aromatic rings. The lowest BCUT2D eigenvalue weighted by molar-refractivity contribution is -0.119. The summed E-state index contributed by atoms with van der Waals surface area (Å²) in [6.45, 7) is -0.313. The van der Waals surface area contributed by atoms with Gasteiger partial charge in [-0.3, -0.25) is 9.10 Å². The van der Waals surface area contributed by atoms with Crippen molar-refractivity contribution in [1.29, 1.82) is 0 Å². The number of nitrogens with zero attached hydrogens (tertiary/aromatic N) is 2. The van der Waals surface area contributed by atoms with Crippen molar-refractivity contribution in [1.82, 2.24) is 5.43 Å². The fourth-order valence-electron chi connectivity index (χ4n) is 3.35. The molecule has 142 valence electrons. The molecule has 1 N–H and O–H groups in total. The summed E-state index contributed by atoms with van der Waals surface area (Å²) in [7, 11) is -3.74. The van der Waals surface area contributed by atoms with E-state index in [9.17, 15) is 13.2 Å². The van der Waals surface area contributed by atoms with Gasteiger partial charge in [-0.05, 0) is 35.9 Å². The Hall–Kier alpha value is -3.19. The fourth-order valence-corrected chi connectivity index (χ4v) is 5.02. The van der Waals surface area contributed by atoms with Crippen LogP contribution in [0.4, 0.5) is 5.69 Å². The smallest absolute Gasteiger partial charge is 0.265 e. The first-order valence-corrected chi connectivity index (χ1v) is 10.4. The van der Waals surface area contributed by atoms with E-state index in [4.69, 9.17) is 0 Å². The van der Waals surface area contributed by atoms with Crippen molar-refractivity contribution in [3.63, 3.8) is 0 Å². The van der Waals surface area contributed by atoms with Gasteiger partial charge in [0.15, 0.2) is 0 Å². The molecule has 1 heterocycles. The van der Waals surface area contributed by atoms with Crippen LogP contribution in [0.1, 0.15) is 12.0 Å². The van der Waals surface area contributed by atoms with Crippen molar-refractivity contribution in [2.75, 3.05) is 10.8 Å². The third kappa shape index (κ3) is 3.36. The second-order valence-corrected chi connectivity index (χ2v) is 8.34. The number of nitrogens with one attached hydrogen (secondary N) is 1. The molecule has 1 amide bonds. The summed E-state index contributed by atoms with van der Waals surface area (Å²) in [6, 6.07) is 20.5. The molecule has 6 nitrogen and oxygen atoms in total. The third-order valence-corrected chi connectivity index (χ3v) is 6.46. The van der Waals surface area contributed by atoms with E-state index in [0.717, 1.165) is 16.1 Å². The van der Waals surface area contributed by atoms with Gasteiger partial charge < -0.3 is 0 Å². The van der Waals surface area contributed by atoms with Crippen molar-refractivity contribution in [3.8, 4) is 0 Å². The molecule has 7 heteroatoms. The van der Waals surface area contributed by atoms with E-state index in [1.165, 1.54) is 5.56 Å². The van der Waals surface area contributed by atoms with Crippen molar-refractivity contribution in [2.24, 2.45) is 5.10 Å². The molecule has 0 saturated heterocycles. The quantitative estimate of drug-likeness (QED) is 0.516. The summed E-state index contributed by atoms with van der Waals surface area (Å²) in [5, 5.41) is 5.42. The van der Waals surface area contributed by atoms with Gasteiger partial charge in [0.1, 0.15) is 6.54 Å². The zero-order valence-electron chi connectivity index (χ0n) is 15.1. The summed E-state index contributed by atoms with van der Waals surface area (Å²) in [5.74, 6) is -0.482. The minimum Gasteiger partial charge on any atom is -0.271 e. The van der Waals surface area contributed by atoms with Crippen molar-refractivity contribution in [3.05, 3.63) is 72.3 Å². The van der Waals surface area contributed by atoms with Gasteiger partial charge in [0, 0.05) is 11.6 Å². The molecule has 1 aliphatic rings. The number of anilines is 1. The summed E-state index contributed by atoms with van der Waals surface area (Å²) < 4.78 is 26.8. The molecule has 0 radical (unpaired) electrons. The summed E-state index contributed by atoms with van der Waals surface area (Å²) >= 11 is 0. The largest absolute Gasteiger partial charge is 0.271 e. The first-order valence-electron chi connectivity index (χ1n) is 8.96. The highest BCUT2D eigenvalue weighted by atomic mass is 32.2. The summed E-state index contributed by atoms with van der Waals surface area (Å²) in [5.41, 5.74) is 4.13. The van der Waals surface area contributed by atoms with Gasteiger partial charge in [-0.1, -0.05) is 54.6 Å². The van der Waals surface area contributed by atoms with Gasteiger partial charge in [0.25, 0.3) is 15.9 Å². The van der Waals surface area contributed by atoms with Crippen LogP contribution >= 0.6 is 0 Å². The number of carbonyl (C=O) groups excluding carboxylic acids is 1. The second-order valence-electron chi connectivity index (χ2n) is 6.51. The molecule has 0 fully saturated rings. The maximum absolute atomic E-state index is 12.8. The average Bonchev–Trinajstić information content (AvgIpc) is 2.92. The minimum atomic E-state index is -3.74. The monoisotopic (exact) mass is 393 g/mol. The van der Waals surface area contributed by atoms with Crippen molar-refractivity contribution in [2.45, 2.75) is 17.7 Å². The molecular formula is C21H19N3O3S. The van der Waals surface area contributed by atoms with Crippen LogP contribution in [-0.4, -0.2) is 27.1 Å². The van der Waals surface area contributed by atoms with Crippen LogP contribution in [-0.2, 0) is 21.2 Å². The lowest BCUT2D eigenvalue weighted by Crippen LogP contribution is -2.37. The Morgan fingerprint density at radius 2 is 1.75 bits per heavy atom. The van der Waals surface area contributed by atoms with Gasteiger partial charge in [-0.15, -0.1) is 0 Å². The maximum Gasteiger partial charge on any atom is 0.265 e. The van der Waals surface area contributed by atoms with Gasteiger partial charge in [-0.25, -0.2) is 13.8 Å². The van der Waals surface area contributed by atoms with Crippen molar-refractivity contribution >= 4 is 38.6 Å². The lowest BCUT2D eigenvalue weighted by atomic mass is 10.1. The summed E-state index contributed by atoms with van der Waals surface area (Å²) in [4.78, 5) is 12.5. The number of hydrogen-bond acceptors (Lipinski definition) is 4. The van der Waals surface area contributed by atoms with Gasteiger partial charge in [0.05, 0.1) is 10.6 Å². The van der Waals surface area contributed by atoms with Gasteiger partial charge in [-0.2, -0.15) is 5.10 Å². The zero-order chi connectivity index (χ0) is 19.6. The fraction of sp³-hybridized carbons (Fsp3) is 0.143. The standard InChI is InChI=1S/C21H19N3O3S/c25-20(23-22-14-6-9-16-7-2-1-3-8-16)15-24-18-12-4-10-17-11-5-13-19(21(17)18)28(24,26)27/h1-5,7-8,10-14H,6,9,15H2,(H,23,25)/b22-14-. The highest BCUT2D eigenvalue weighted by molar-refractivity contribution is 7.93. The molecule has 0 saturated carbocycles. The molecule has 0 aliphatic carbocycles. The Bertz CT molecular complexity index is 1150. The van der Waals surface area contributed by atoms with Crippen molar-refractivity contribution < 1.29 is 13.2 Å². The maximum atomic E-state index is 12.8. The molecule has 3 aromatic carbocycles. The Balaban J connectivity index is 1.41. The Labute approximate surface area is 163 Å². The normalized spacial score (nSPS) is 14.6. The lowest BCUT2D eigenvalue weighted by Gasteiger charge is -2.17. The van der Waals surface area contributed by atoms with E-state index < -0.39 is 15.9 Å². The van der Waals surface area contributed by atoms with Crippen LogP contribution in [0.5, 0.6) is 0 Å². The van der Waals surface area contributed by atoms with E-state index in [1.54, 1.807) is 30.5 Å². The highest BCUT2D eigenvalue weighted by Crippen LogP contribution is 2.41. The van der Waals surface area contributed by atoms with Crippen LogP contribution in [0, 0.1) is 0 Å². The number of amides is 1. The van der Waals surface area contributed by atoms with Crippen LogP contribution in [0.2, 0.25) is 0 Å².